The summed E-state index contributed by atoms with van der Waals surface area (Å²) in [6.45, 7) is 9.81. The van der Waals surface area contributed by atoms with Gasteiger partial charge in [0.05, 0.1) is 6.61 Å². The number of carbonyl (C=O) groups is 2. The molecule has 0 spiro atoms. The van der Waals surface area contributed by atoms with Gasteiger partial charge in [-0.25, -0.2) is 0 Å². The maximum atomic E-state index is 12.7. The molecule has 0 amide bonds. The molecule has 0 heterocycles. The lowest BCUT2D eigenvalue weighted by Crippen LogP contribution is -2.29. The van der Waals surface area contributed by atoms with Gasteiger partial charge in [0.25, 0.3) is 0 Å². The quantitative estimate of drug-likeness (QED) is 0.0508. The van der Waals surface area contributed by atoms with Gasteiger partial charge < -0.3 is 19.5 Å². The van der Waals surface area contributed by atoms with Crippen molar-refractivity contribution in [2.24, 2.45) is 5.92 Å². The number of aliphatic hydroxyl groups is 1. The average Bonchev–Trinajstić information content (AvgIpc) is 3.12. The number of rotatable bonds is 37. The van der Waals surface area contributed by atoms with Crippen molar-refractivity contribution < 1.29 is 24.2 Å². The molecule has 0 aromatic rings. The first-order valence-corrected chi connectivity index (χ1v) is 22.7. The van der Waals surface area contributed by atoms with E-state index < -0.39 is 0 Å². The summed E-state index contributed by atoms with van der Waals surface area (Å²) in [5.41, 5.74) is 0. The Balaban J connectivity index is 2.08. The van der Waals surface area contributed by atoms with E-state index in [0.29, 0.717) is 12.8 Å². The number of nitrogens with zero attached hydrogens (tertiary/aromatic N) is 1. The van der Waals surface area contributed by atoms with E-state index >= 15 is 0 Å². The normalized spacial score (nSPS) is 16.8. The van der Waals surface area contributed by atoms with Gasteiger partial charge in [0, 0.05) is 19.4 Å². The molecule has 1 aliphatic carbocycles. The fourth-order valence-corrected chi connectivity index (χ4v) is 7.85. The average molecular weight is 722 g/mol. The molecule has 6 nitrogen and oxygen atoms in total. The number of esters is 2. The van der Waals surface area contributed by atoms with Crippen LogP contribution in [0.2, 0.25) is 0 Å². The van der Waals surface area contributed by atoms with Gasteiger partial charge >= 0.3 is 11.9 Å². The molecule has 1 aliphatic rings. The van der Waals surface area contributed by atoms with Gasteiger partial charge in [-0.3, -0.25) is 9.59 Å². The van der Waals surface area contributed by atoms with E-state index in [4.69, 9.17) is 9.47 Å². The summed E-state index contributed by atoms with van der Waals surface area (Å²) in [4.78, 5) is 27.4. The van der Waals surface area contributed by atoms with E-state index in [1.807, 2.05) is 0 Å². The summed E-state index contributed by atoms with van der Waals surface area (Å²) in [6.07, 6.45) is 38.4. The molecule has 0 bridgehead atoms. The van der Waals surface area contributed by atoms with Gasteiger partial charge in [-0.1, -0.05) is 143 Å². The van der Waals surface area contributed by atoms with E-state index in [2.05, 4.69) is 25.7 Å². The lowest BCUT2D eigenvalue weighted by atomic mass is 9.84. The molecule has 1 atom stereocenters. The van der Waals surface area contributed by atoms with Crippen molar-refractivity contribution in [2.45, 2.75) is 245 Å². The maximum absolute atomic E-state index is 12.7. The van der Waals surface area contributed by atoms with Gasteiger partial charge in [-0.2, -0.15) is 0 Å². The lowest BCUT2D eigenvalue weighted by molar-refractivity contribution is -0.151. The Labute approximate surface area is 317 Å². The van der Waals surface area contributed by atoms with Crippen molar-refractivity contribution >= 4 is 11.9 Å². The summed E-state index contributed by atoms with van der Waals surface area (Å²) in [5, 5.41) is 9.57. The van der Waals surface area contributed by atoms with Crippen LogP contribution in [0.1, 0.15) is 233 Å². The SMILES string of the molecule is CCCCCCCCC(CCCCCCC)OC(=O)CCCCCCCN(CCO)CCCCCCCC(=O)OC1CCC(CCCCC)CC1. The summed E-state index contributed by atoms with van der Waals surface area (Å²) in [7, 11) is 0. The van der Waals surface area contributed by atoms with Crippen molar-refractivity contribution in [1.29, 1.82) is 0 Å². The Morgan fingerprint density at radius 1 is 0.549 bits per heavy atom. The number of ether oxygens (including phenoxy) is 2. The topological polar surface area (TPSA) is 76.1 Å². The molecule has 1 fully saturated rings. The van der Waals surface area contributed by atoms with E-state index in [9.17, 15) is 14.7 Å². The monoisotopic (exact) mass is 722 g/mol. The summed E-state index contributed by atoms with van der Waals surface area (Å²) < 4.78 is 11.8. The van der Waals surface area contributed by atoms with Crippen LogP contribution < -0.4 is 0 Å². The Morgan fingerprint density at radius 2 is 1.00 bits per heavy atom. The van der Waals surface area contributed by atoms with Gasteiger partial charge in [-0.05, 0) is 96.1 Å². The van der Waals surface area contributed by atoms with Crippen LogP contribution in [0.5, 0.6) is 0 Å². The summed E-state index contributed by atoms with van der Waals surface area (Å²) >= 11 is 0. The second-order valence-electron chi connectivity index (χ2n) is 16.1. The summed E-state index contributed by atoms with van der Waals surface area (Å²) in [5.74, 6) is 0.870. The first-order valence-electron chi connectivity index (χ1n) is 22.7. The zero-order valence-corrected chi connectivity index (χ0v) is 34.4. The van der Waals surface area contributed by atoms with E-state index in [-0.39, 0.29) is 30.8 Å². The summed E-state index contributed by atoms with van der Waals surface area (Å²) in [6, 6.07) is 0. The zero-order valence-electron chi connectivity index (χ0n) is 34.4. The van der Waals surface area contributed by atoms with Crippen molar-refractivity contribution in [2.75, 3.05) is 26.2 Å². The number of hydrogen-bond donors (Lipinski definition) is 1. The molecule has 0 aromatic heterocycles. The fourth-order valence-electron chi connectivity index (χ4n) is 7.85. The molecule has 1 saturated carbocycles. The van der Waals surface area contributed by atoms with Crippen molar-refractivity contribution in [1.82, 2.24) is 4.90 Å². The molecule has 0 aliphatic heterocycles. The van der Waals surface area contributed by atoms with Crippen LogP contribution in [-0.2, 0) is 19.1 Å². The number of hydrogen-bond acceptors (Lipinski definition) is 6. The van der Waals surface area contributed by atoms with Crippen LogP contribution >= 0.6 is 0 Å². The van der Waals surface area contributed by atoms with Gasteiger partial charge in [-0.15, -0.1) is 0 Å². The minimum Gasteiger partial charge on any atom is -0.462 e. The standard InChI is InChI=1S/C45H87NO5/c1-4-7-10-12-16-23-30-42(29-22-15-11-8-5-2)50-44(48)31-24-17-13-19-26-37-46(39-40-47)38-27-20-14-18-25-32-45(49)51-43-35-33-41(34-36-43)28-21-9-6-3/h41-43,47H,4-40H2,1-3H3. The van der Waals surface area contributed by atoms with Crippen molar-refractivity contribution in [3.8, 4) is 0 Å². The highest BCUT2D eigenvalue weighted by atomic mass is 16.5. The fraction of sp³-hybridized carbons (Fsp3) is 0.956. The Hall–Kier alpha value is -1.14. The maximum Gasteiger partial charge on any atom is 0.306 e. The third-order valence-corrected chi connectivity index (χ3v) is 11.2. The molecule has 1 unspecified atom stereocenters. The van der Waals surface area contributed by atoms with Crippen LogP contribution in [0.3, 0.4) is 0 Å². The smallest absolute Gasteiger partial charge is 0.306 e. The number of aliphatic hydroxyl groups excluding tert-OH is 1. The van der Waals surface area contributed by atoms with Crippen LogP contribution in [0.4, 0.5) is 0 Å². The van der Waals surface area contributed by atoms with E-state index in [1.165, 1.54) is 122 Å². The lowest BCUT2D eigenvalue weighted by Gasteiger charge is -2.28. The minimum atomic E-state index is 0.00873. The molecule has 0 saturated heterocycles. The second kappa shape index (κ2) is 35.9. The molecule has 0 aromatic carbocycles. The third kappa shape index (κ3) is 29.9. The van der Waals surface area contributed by atoms with Crippen LogP contribution in [0.15, 0.2) is 0 Å². The zero-order chi connectivity index (χ0) is 37.0. The Morgan fingerprint density at radius 3 is 1.53 bits per heavy atom. The highest BCUT2D eigenvalue weighted by Gasteiger charge is 2.23. The second-order valence-corrected chi connectivity index (χ2v) is 16.1. The van der Waals surface area contributed by atoms with Crippen LogP contribution in [0.25, 0.3) is 0 Å². The number of carbonyl (C=O) groups excluding carboxylic acids is 2. The van der Waals surface area contributed by atoms with Crippen LogP contribution in [0, 0.1) is 5.92 Å². The van der Waals surface area contributed by atoms with Crippen molar-refractivity contribution in [3.05, 3.63) is 0 Å². The first-order chi connectivity index (χ1) is 25.0. The van der Waals surface area contributed by atoms with Crippen LogP contribution in [-0.4, -0.2) is 60.4 Å². The minimum absolute atomic E-state index is 0.00873. The molecule has 1 N–H and O–H groups in total. The molecule has 6 heteroatoms. The highest BCUT2D eigenvalue weighted by molar-refractivity contribution is 5.69. The predicted octanol–water partition coefficient (Wildman–Crippen LogP) is 12.7. The van der Waals surface area contributed by atoms with Gasteiger partial charge in [0.1, 0.15) is 12.2 Å². The van der Waals surface area contributed by atoms with E-state index in [0.717, 1.165) is 103 Å². The molecule has 302 valence electrons. The van der Waals surface area contributed by atoms with Gasteiger partial charge in [0.15, 0.2) is 0 Å². The van der Waals surface area contributed by atoms with E-state index in [1.54, 1.807) is 0 Å². The Bertz CT molecular complexity index is 768. The highest BCUT2D eigenvalue weighted by Crippen LogP contribution is 2.30. The molecule has 0 radical (unpaired) electrons. The molecular formula is C45H87NO5. The third-order valence-electron chi connectivity index (χ3n) is 11.2. The molecule has 51 heavy (non-hydrogen) atoms. The molecular weight excluding hydrogens is 634 g/mol. The largest absolute Gasteiger partial charge is 0.462 e. The molecule has 1 rings (SSSR count). The first kappa shape index (κ1) is 47.9. The Kier molecular flexibility index (Phi) is 33.7. The predicted molar refractivity (Wildman–Crippen MR) is 216 cm³/mol. The van der Waals surface area contributed by atoms with Gasteiger partial charge in [0.2, 0.25) is 0 Å². The number of unbranched alkanes of at least 4 members (excludes halogenated alkanes) is 19. The van der Waals surface area contributed by atoms with Crippen molar-refractivity contribution in [3.63, 3.8) is 0 Å².